The highest BCUT2D eigenvalue weighted by atomic mass is 79.9. The normalized spacial score (nSPS) is 14.7. The van der Waals surface area contributed by atoms with Crippen LogP contribution in [0.25, 0.3) is 10.8 Å². The Hall–Kier alpha value is -1.85. The van der Waals surface area contributed by atoms with Crippen LogP contribution in [0, 0.1) is 0 Å². The molecule has 5 heteroatoms. The Morgan fingerprint density at radius 2 is 1.30 bits per heavy atom. The molecule has 0 bridgehead atoms. The number of benzene rings is 3. The van der Waals surface area contributed by atoms with Crippen molar-refractivity contribution < 1.29 is 13.2 Å². The van der Waals surface area contributed by atoms with Crippen LogP contribution in [0.3, 0.4) is 0 Å². The van der Waals surface area contributed by atoms with E-state index in [-0.39, 0.29) is 11.1 Å². The molecule has 0 spiro atoms. The summed E-state index contributed by atoms with van der Waals surface area (Å²) in [6.07, 6.45) is -4.62. The fourth-order valence-electron chi connectivity index (χ4n) is 2.64. The first-order valence-electron chi connectivity index (χ1n) is 6.93. The van der Waals surface area contributed by atoms with Crippen LogP contribution in [0.15, 0.2) is 71.2 Å². The molecule has 0 unspecified atom stereocenters. The second-order valence-corrected chi connectivity index (χ2v) is 6.29. The summed E-state index contributed by atoms with van der Waals surface area (Å²) in [4.78, 5) is 0. The topological polar surface area (TPSA) is 26.0 Å². The van der Waals surface area contributed by atoms with Crippen LogP contribution >= 0.6 is 15.9 Å². The Morgan fingerprint density at radius 3 is 1.91 bits per heavy atom. The molecular weight excluding hydrogens is 367 g/mol. The van der Waals surface area contributed by atoms with Crippen molar-refractivity contribution in [1.29, 1.82) is 0 Å². The molecule has 3 rings (SSSR count). The Morgan fingerprint density at radius 1 is 0.739 bits per heavy atom. The van der Waals surface area contributed by atoms with Crippen LogP contribution in [0.1, 0.15) is 11.1 Å². The molecule has 0 radical (unpaired) electrons. The van der Waals surface area contributed by atoms with Gasteiger partial charge >= 0.3 is 6.18 Å². The number of halogens is 4. The van der Waals surface area contributed by atoms with Crippen molar-refractivity contribution in [3.05, 3.63) is 82.3 Å². The summed E-state index contributed by atoms with van der Waals surface area (Å²) in [7, 11) is 0. The molecule has 23 heavy (non-hydrogen) atoms. The lowest BCUT2D eigenvalue weighted by Gasteiger charge is -2.33. The summed E-state index contributed by atoms with van der Waals surface area (Å²) in [5, 5.41) is 1.60. The van der Waals surface area contributed by atoms with Gasteiger partial charge in [0.05, 0.1) is 0 Å². The van der Waals surface area contributed by atoms with Gasteiger partial charge in [-0.1, -0.05) is 64.5 Å². The van der Waals surface area contributed by atoms with E-state index in [0.717, 1.165) is 10.8 Å². The van der Waals surface area contributed by atoms with Gasteiger partial charge in [-0.05, 0) is 40.1 Å². The number of nitrogens with two attached hydrogens (primary N) is 1. The molecule has 0 saturated heterocycles. The molecule has 3 aromatic carbocycles. The number of hydrogen-bond donors (Lipinski definition) is 1. The van der Waals surface area contributed by atoms with E-state index in [1.165, 1.54) is 24.3 Å². The molecule has 0 aliphatic rings. The zero-order chi connectivity index (χ0) is 16.7. The van der Waals surface area contributed by atoms with Gasteiger partial charge in [0.25, 0.3) is 0 Å². The quantitative estimate of drug-likeness (QED) is 0.636. The standard InChI is InChI=1S/C18H13BrF3N/c19-16-9-7-14(8-10-16)17(23,18(20,21)22)15-6-5-12-3-1-2-4-13(12)11-15/h1-11H,23H2/t17-/m1/s1. The minimum atomic E-state index is -4.62. The third-order valence-electron chi connectivity index (χ3n) is 3.95. The van der Waals surface area contributed by atoms with E-state index in [4.69, 9.17) is 5.73 Å². The number of rotatable bonds is 2. The van der Waals surface area contributed by atoms with Crippen LogP contribution in [0.5, 0.6) is 0 Å². The van der Waals surface area contributed by atoms with Crippen molar-refractivity contribution >= 4 is 26.7 Å². The molecule has 0 heterocycles. The Labute approximate surface area is 140 Å². The van der Waals surface area contributed by atoms with Gasteiger partial charge in [-0.25, -0.2) is 0 Å². The molecule has 0 fully saturated rings. The van der Waals surface area contributed by atoms with Gasteiger partial charge in [-0.15, -0.1) is 0 Å². The Kier molecular flexibility index (Phi) is 3.94. The first-order chi connectivity index (χ1) is 10.8. The van der Waals surface area contributed by atoms with Gasteiger partial charge in [-0.2, -0.15) is 13.2 Å². The average molecular weight is 380 g/mol. The molecule has 0 aliphatic carbocycles. The van der Waals surface area contributed by atoms with E-state index in [1.807, 2.05) is 12.1 Å². The number of hydrogen-bond acceptors (Lipinski definition) is 1. The Balaban J connectivity index is 2.24. The molecular formula is C18H13BrF3N. The van der Waals surface area contributed by atoms with Crippen molar-refractivity contribution in [1.82, 2.24) is 0 Å². The molecule has 3 aromatic rings. The first-order valence-corrected chi connectivity index (χ1v) is 7.72. The summed E-state index contributed by atoms with van der Waals surface area (Å²) in [6.45, 7) is 0. The van der Waals surface area contributed by atoms with Crippen molar-refractivity contribution in [3.63, 3.8) is 0 Å². The average Bonchev–Trinajstić information content (AvgIpc) is 2.53. The SMILES string of the molecule is N[C@](c1ccc(Br)cc1)(c1ccc2ccccc2c1)C(F)(F)F. The highest BCUT2D eigenvalue weighted by Gasteiger charge is 2.54. The van der Waals surface area contributed by atoms with Crippen molar-refractivity contribution in [2.75, 3.05) is 0 Å². The molecule has 0 amide bonds. The van der Waals surface area contributed by atoms with E-state index < -0.39 is 11.7 Å². The fraction of sp³-hybridized carbons (Fsp3) is 0.111. The lowest BCUT2D eigenvalue weighted by Crippen LogP contribution is -2.51. The Bertz CT molecular complexity index is 843. The van der Waals surface area contributed by atoms with Crippen molar-refractivity contribution in [2.45, 2.75) is 11.7 Å². The molecule has 0 saturated carbocycles. The van der Waals surface area contributed by atoms with E-state index in [9.17, 15) is 13.2 Å². The third kappa shape index (κ3) is 2.75. The van der Waals surface area contributed by atoms with Gasteiger partial charge in [0, 0.05) is 4.47 Å². The smallest absolute Gasteiger partial charge is 0.310 e. The van der Waals surface area contributed by atoms with E-state index >= 15 is 0 Å². The fourth-order valence-corrected chi connectivity index (χ4v) is 2.91. The highest BCUT2D eigenvalue weighted by molar-refractivity contribution is 9.10. The summed E-state index contributed by atoms with van der Waals surface area (Å²) < 4.78 is 42.2. The van der Waals surface area contributed by atoms with Crippen LogP contribution in [-0.4, -0.2) is 6.18 Å². The summed E-state index contributed by atoms with van der Waals surface area (Å²) in [5.74, 6) is 0. The predicted octanol–water partition coefficient (Wildman–Crippen LogP) is 5.37. The van der Waals surface area contributed by atoms with E-state index in [0.29, 0.717) is 4.47 Å². The van der Waals surface area contributed by atoms with Gasteiger partial charge in [0.2, 0.25) is 0 Å². The molecule has 0 aliphatic heterocycles. The van der Waals surface area contributed by atoms with Gasteiger partial charge in [0.15, 0.2) is 5.54 Å². The maximum absolute atomic E-state index is 13.8. The van der Waals surface area contributed by atoms with E-state index in [2.05, 4.69) is 15.9 Å². The number of fused-ring (bicyclic) bond motifs is 1. The first kappa shape index (κ1) is 16.0. The second kappa shape index (κ2) is 5.65. The van der Waals surface area contributed by atoms with Crippen LogP contribution in [0.2, 0.25) is 0 Å². The highest BCUT2D eigenvalue weighted by Crippen LogP contribution is 2.43. The minimum absolute atomic E-state index is 0.00322. The van der Waals surface area contributed by atoms with Gasteiger partial charge in [0.1, 0.15) is 0 Å². The maximum Gasteiger partial charge on any atom is 0.414 e. The largest absolute Gasteiger partial charge is 0.414 e. The van der Waals surface area contributed by atoms with Gasteiger partial charge in [-0.3, -0.25) is 0 Å². The number of alkyl halides is 3. The molecule has 0 aromatic heterocycles. The van der Waals surface area contributed by atoms with E-state index in [1.54, 1.807) is 30.3 Å². The van der Waals surface area contributed by atoms with Crippen LogP contribution in [0.4, 0.5) is 13.2 Å². The van der Waals surface area contributed by atoms with Crippen molar-refractivity contribution in [3.8, 4) is 0 Å². The maximum atomic E-state index is 13.8. The van der Waals surface area contributed by atoms with Crippen LogP contribution in [-0.2, 0) is 5.54 Å². The summed E-state index contributed by atoms with van der Waals surface area (Å²) in [6, 6.07) is 17.8. The van der Waals surface area contributed by atoms with Gasteiger partial charge < -0.3 is 5.73 Å². The van der Waals surface area contributed by atoms with Crippen molar-refractivity contribution in [2.24, 2.45) is 5.73 Å². The zero-order valence-electron chi connectivity index (χ0n) is 11.9. The summed E-state index contributed by atoms with van der Waals surface area (Å²) in [5.41, 5.74) is 3.38. The molecule has 1 nitrogen and oxygen atoms in total. The lowest BCUT2D eigenvalue weighted by molar-refractivity contribution is -0.176. The third-order valence-corrected chi connectivity index (χ3v) is 4.48. The predicted molar refractivity (Wildman–Crippen MR) is 89.1 cm³/mol. The zero-order valence-corrected chi connectivity index (χ0v) is 13.5. The summed E-state index contributed by atoms with van der Waals surface area (Å²) >= 11 is 3.23. The lowest BCUT2D eigenvalue weighted by atomic mass is 9.82. The molecule has 118 valence electrons. The van der Waals surface area contributed by atoms with Crippen LogP contribution < -0.4 is 5.73 Å². The minimum Gasteiger partial charge on any atom is -0.310 e. The monoisotopic (exact) mass is 379 g/mol. The molecule has 2 N–H and O–H groups in total. The molecule has 1 atom stereocenters. The second-order valence-electron chi connectivity index (χ2n) is 5.37.